The van der Waals surface area contributed by atoms with Crippen LogP contribution in [0.5, 0.6) is 11.5 Å². The fraction of sp³-hybridized carbons (Fsp3) is 0.400. The van der Waals surface area contributed by atoms with Crippen molar-refractivity contribution in [3.63, 3.8) is 0 Å². The average molecular weight is 391 g/mol. The average Bonchev–Trinajstić information content (AvgIpc) is 3.17. The molecule has 0 saturated heterocycles. The lowest BCUT2D eigenvalue weighted by atomic mass is 10.2. The Balaban J connectivity index is 1.94. The molecular weight excluding hydrogens is 366 g/mol. The minimum atomic E-state index is -0.902. The summed E-state index contributed by atoms with van der Waals surface area (Å²) in [6.07, 6.45) is -0.902. The van der Waals surface area contributed by atoms with E-state index in [0.717, 1.165) is 4.88 Å². The Hall–Kier alpha value is -2.54. The molecule has 0 aliphatic rings. The van der Waals surface area contributed by atoms with Gasteiger partial charge < -0.3 is 19.5 Å². The van der Waals surface area contributed by atoms with E-state index in [1.165, 1.54) is 7.11 Å². The van der Waals surface area contributed by atoms with Crippen molar-refractivity contribution in [2.24, 2.45) is 5.92 Å². The number of hydrogen-bond acceptors (Lipinski definition) is 6. The van der Waals surface area contributed by atoms with Gasteiger partial charge in [0, 0.05) is 4.88 Å². The number of thiophene rings is 1. The summed E-state index contributed by atoms with van der Waals surface area (Å²) in [7, 11) is 1.51. The molecule has 1 aromatic heterocycles. The Morgan fingerprint density at radius 1 is 1.15 bits per heavy atom. The Morgan fingerprint density at radius 2 is 1.93 bits per heavy atom. The lowest BCUT2D eigenvalue weighted by molar-refractivity contribution is -0.129. The normalized spacial score (nSPS) is 11.7. The van der Waals surface area contributed by atoms with Gasteiger partial charge in [-0.1, -0.05) is 19.9 Å². The van der Waals surface area contributed by atoms with Gasteiger partial charge in [0.05, 0.1) is 25.8 Å². The monoisotopic (exact) mass is 391 g/mol. The second kappa shape index (κ2) is 9.97. The maximum Gasteiger partial charge on any atom is 0.339 e. The van der Waals surface area contributed by atoms with Crippen LogP contribution in [-0.4, -0.2) is 31.7 Å². The quantitative estimate of drug-likeness (QED) is 0.661. The van der Waals surface area contributed by atoms with Crippen molar-refractivity contribution < 1.29 is 23.8 Å². The molecule has 0 spiro atoms. The summed E-state index contributed by atoms with van der Waals surface area (Å²) in [5.41, 5.74) is 0.293. The topological polar surface area (TPSA) is 73.9 Å². The molecule has 1 amide bonds. The zero-order valence-electron chi connectivity index (χ0n) is 16.0. The number of amides is 1. The van der Waals surface area contributed by atoms with Crippen LogP contribution in [-0.2, 0) is 16.1 Å². The molecule has 0 radical (unpaired) electrons. The smallest absolute Gasteiger partial charge is 0.339 e. The lowest BCUT2D eigenvalue weighted by Gasteiger charge is -2.15. The molecule has 0 unspecified atom stereocenters. The molecule has 1 heterocycles. The molecule has 7 heteroatoms. The van der Waals surface area contributed by atoms with Gasteiger partial charge in [-0.25, -0.2) is 4.79 Å². The predicted octanol–water partition coefficient (Wildman–Crippen LogP) is 3.65. The molecule has 0 saturated carbocycles. The van der Waals surface area contributed by atoms with Gasteiger partial charge in [-0.05, 0) is 42.5 Å². The number of benzene rings is 1. The number of nitrogens with one attached hydrogen (secondary N) is 1. The highest BCUT2D eigenvalue weighted by Crippen LogP contribution is 2.29. The van der Waals surface area contributed by atoms with Crippen LogP contribution < -0.4 is 14.8 Å². The third-order valence-corrected chi connectivity index (χ3v) is 4.52. The first-order chi connectivity index (χ1) is 12.9. The Labute approximate surface area is 163 Å². The molecule has 2 aromatic rings. The van der Waals surface area contributed by atoms with Crippen LogP contribution in [0.15, 0.2) is 35.7 Å². The largest absolute Gasteiger partial charge is 0.493 e. The first-order valence-electron chi connectivity index (χ1n) is 8.72. The highest BCUT2D eigenvalue weighted by Gasteiger charge is 2.20. The number of ether oxygens (including phenoxy) is 3. The third-order valence-electron chi connectivity index (χ3n) is 3.64. The summed E-state index contributed by atoms with van der Waals surface area (Å²) in [6, 6.07) is 8.65. The molecule has 1 aromatic carbocycles. The molecule has 1 N–H and O–H groups in total. The minimum Gasteiger partial charge on any atom is -0.493 e. The summed E-state index contributed by atoms with van der Waals surface area (Å²) in [5, 5.41) is 4.69. The van der Waals surface area contributed by atoms with Gasteiger partial charge in [0.2, 0.25) is 0 Å². The summed E-state index contributed by atoms with van der Waals surface area (Å²) in [5.74, 6) is 0.431. The molecule has 1 atom stereocenters. The second-order valence-corrected chi connectivity index (χ2v) is 7.45. The van der Waals surface area contributed by atoms with Gasteiger partial charge >= 0.3 is 5.97 Å². The zero-order valence-corrected chi connectivity index (χ0v) is 16.8. The number of carbonyl (C=O) groups is 2. The first kappa shape index (κ1) is 20.8. The Bertz CT molecular complexity index is 758. The highest BCUT2D eigenvalue weighted by molar-refractivity contribution is 7.09. The molecule has 146 valence electrons. The standard InChI is InChI=1S/C20H25NO5S/c1-13(2)12-25-17-8-7-15(10-18(17)24-4)20(23)26-14(3)19(22)21-11-16-6-5-9-27-16/h5-10,13-14H,11-12H2,1-4H3,(H,21,22)/t14-/m1/s1. The Morgan fingerprint density at radius 3 is 2.56 bits per heavy atom. The van der Waals surface area contributed by atoms with Crippen molar-refractivity contribution in [1.82, 2.24) is 5.32 Å². The molecular formula is C20H25NO5S. The molecule has 0 bridgehead atoms. The number of esters is 1. The van der Waals surface area contributed by atoms with Gasteiger partial charge in [-0.2, -0.15) is 0 Å². The first-order valence-corrected chi connectivity index (χ1v) is 9.60. The van der Waals surface area contributed by atoms with E-state index in [1.54, 1.807) is 36.5 Å². The van der Waals surface area contributed by atoms with Crippen LogP contribution in [0.4, 0.5) is 0 Å². The van der Waals surface area contributed by atoms with E-state index >= 15 is 0 Å². The molecule has 2 rings (SSSR count). The van der Waals surface area contributed by atoms with Crippen molar-refractivity contribution >= 4 is 23.2 Å². The van der Waals surface area contributed by atoms with Crippen molar-refractivity contribution in [1.29, 1.82) is 0 Å². The molecule has 0 aliphatic carbocycles. The maximum absolute atomic E-state index is 12.3. The fourth-order valence-electron chi connectivity index (χ4n) is 2.18. The molecule has 27 heavy (non-hydrogen) atoms. The Kier molecular flexibility index (Phi) is 7.67. The molecule has 0 fully saturated rings. The number of hydrogen-bond donors (Lipinski definition) is 1. The van der Waals surface area contributed by atoms with Crippen molar-refractivity contribution in [2.45, 2.75) is 33.4 Å². The summed E-state index contributed by atoms with van der Waals surface area (Å²) < 4.78 is 16.2. The minimum absolute atomic E-state index is 0.293. The zero-order chi connectivity index (χ0) is 19.8. The van der Waals surface area contributed by atoms with Crippen LogP contribution in [0.3, 0.4) is 0 Å². The summed E-state index contributed by atoms with van der Waals surface area (Å²) >= 11 is 1.55. The predicted molar refractivity (Wildman–Crippen MR) is 104 cm³/mol. The van der Waals surface area contributed by atoms with Crippen molar-refractivity contribution in [3.05, 3.63) is 46.2 Å². The highest BCUT2D eigenvalue weighted by atomic mass is 32.1. The van der Waals surface area contributed by atoms with Gasteiger partial charge in [0.15, 0.2) is 17.6 Å². The van der Waals surface area contributed by atoms with E-state index in [4.69, 9.17) is 14.2 Å². The fourth-order valence-corrected chi connectivity index (χ4v) is 2.83. The van der Waals surface area contributed by atoms with E-state index in [9.17, 15) is 9.59 Å². The van der Waals surface area contributed by atoms with Crippen molar-refractivity contribution in [3.8, 4) is 11.5 Å². The van der Waals surface area contributed by atoms with Crippen LogP contribution in [0, 0.1) is 5.92 Å². The van der Waals surface area contributed by atoms with Crippen LogP contribution in [0.1, 0.15) is 36.0 Å². The third kappa shape index (κ3) is 6.29. The summed E-state index contributed by atoms with van der Waals surface area (Å²) in [6.45, 7) is 6.58. The van der Waals surface area contributed by atoms with Crippen LogP contribution in [0.2, 0.25) is 0 Å². The van der Waals surface area contributed by atoms with E-state index in [1.807, 2.05) is 31.4 Å². The van der Waals surface area contributed by atoms with Gasteiger partial charge in [-0.15, -0.1) is 11.3 Å². The van der Waals surface area contributed by atoms with E-state index in [2.05, 4.69) is 5.32 Å². The van der Waals surface area contributed by atoms with E-state index in [-0.39, 0.29) is 5.91 Å². The summed E-state index contributed by atoms with van der Waals surface area (Å²) in [4.78, 5) is 25.5. The van der Waals surface area contributed by atoms with Crippen LogP contribution >= 0.6 is 11.3 Å². The van der Waals surface area contributed by atoms with E-state index in [0.29, 0.717) is 36.1 Å². The van der Waals surface area contributed by atoms with Crippen molar-refractivity contribution in [2.75, 3.05) is 13.7 Å². The lowest BCUT2D eigenvalue weighted by Crippen LogP contribution is -2.35. The number of carbonyl (C=O) groups excluding carboxylic acids is 2. The van der Waals surface area contributed by atoms with E-state index < -0.39 is 12.1 Å². The maximum atomic E-state index is 12.3. The van der Waals surface area contributed by atoms with Crippen LogP contribution in [0.25, 0.3) is 0 Å². The van der Waals surface area contributed by atoms with Gasteiger partial charge in [-0.3, -0.25) is 4.79 Å². The second-order valence-electron chi connectivity index (χ2n) is 6.42. The molecule has 0 aliphatic heterocycles. The number of methoxy groups -OCH3 is 1. The number of rotatable bonds is 9. The van der Waals surface area contributed by atoms with Gasteiger partial charge in [0.25, 0.3) is 5.91 Å². The van der Waals surface area contributed by atoms with Gasteiger partial charge in [0.1, 0.15) is 0 Å². The SMILES string of the molecule is COc1cc(C(=O)O[C@H](C)C(=O)NCc2cccs2)ccc1OCC(C)C. The molecule has 6 nitrogen and oxygen atoms in total.